The molecule has 1 aromatic carbocycles. The smallest absolute Gasteiger partial charge is 0.321 e. The predicted molar refractivity (Wildman–Crippen MR) is 71.0 cm³/mol. The third kappa shape index (κ3) is 3.68. The molecule has 2 rings (SSSR count). The van der Waals surface area contributed by atoms with Crippen LogP contribution in [0.25, 0.3) is 0 Å². The van der Waals surface area contributed by atoms with Gasteiger partial charge in [0.25, 0.3) is 0 Å². The highest BCUT2D eigenvalue weighted by Crippen LogP contribution is 2.14. The molecule has 1 heterocycles. The van der Waals surface area contributed by atoms with E-state index in [-0.39, 0.29) is 10.9 Å². The van der Waals surface area contributed by atoms with Crippen molar-refractivity contribution in [1.82, 2.24) is 4.90 Å². The van der Waals surface area contributed by atoms with Gasteiger partial charge in [-0.2, -0.15) is 0 Å². The van der Waals surface area contributed by atoms with E-state index < -0.39 is 9.84 Å². The van der Waals surface area contributed by atoms with Crippen LogP contribution in [0.5, 0.6) is 0 Å². The second-order valence-electron chi connectivity index (χ2n) is 4.33. The van der Waals surface area contributed by atoms with E-state index in [2.05, 4.69) is 5.32 Å². The van der Waals surface area contributed by atoms with Gasteiger partial charge in [0.15, 0.2) is 9.84 Å². The van der Waals surface area contributed by atoms with Gasteiger partial charge < -0.3 is 15.0 Å². The van der Waals surface area contributed by atoms with Crippen LogP contribution in [0.3, 0.4) is 0 Å². The largest absolute Gasteiger partial charge is 0.378 e. The molecule has 0 saturated carbocycles. The molecule has 7 heteroatoms. The highest BCUT2D eigenvalue weighted by Gasteiger charge is 2.16. The molecule has 0 spiro atoms. The normalized spacial score (nSPS) is 16.2. The Labute approximate surface area is 112 Å². The van der Waals surface area contributed by atoms with Crippen molar-refractivity contribution in [2.45, 2.75) is 4.90 Å². The standard InChI is InChI=1S/C12H16N2O4S/c1-19(16,17)11-4-2-10(3-5-11)13-12(15)14-6-8-18-9-7-14/h2-5H,6-9H2,1H3,(H,13,15). The first-order chi connectivity index (χ1) is 8.97. The van der Waals surface area contributed by atoms with Crippen molar-refractivity contribution in [2.24, 2.45) is 0 Å². The molecule has 19 heavy (non-hydrogen) atoms. The Kier molecular flexibility index (Phi) is 4.06. The summed E-state index contributed by atoms with van der Waals surface area (Å²) in [5.41, 5.74) is 0.573. The quantitative estimate of drug-likeness (QED) is 0.877. The molecule has 0 radical (unpaired) electrons. The second kappa shape index (κ2) is 5.58. The Bertz CT molecular complexity index is 548. The minimum absolute atomic E-state index is 0.199. The second-order valence-corrected chi connectivity index (χ2v) is 6.34. The van der Waals surface area contributed by atoms with Crippen LogP contribution in [0.1, 0.15) is 0 Å². The molecule has 1 aromatic rings. The summed E-state index contributed by atoms with van der Waals surface area (Å²) in [6.07, 6.45) is 1.15. The molecule has 1 saturated heterocycles. The van der Waals surface area contributed by atoms with E-state index in [0.717, 1.165) is 6.26 Å². The molecule has 0 aliphatic carbocycles. The van der Waals surface area contributed by atoms with Crippen LogP contribution in [0.15, 0.2) is 29.2 Å². The van der Waals surface area contributed by atoms with Gasteiger partial charge in [-0.05, 0) is 24.3 Å². The van der Waals surface area contributed by atoms with Crippen LogP contribution in [0.4, 0.5) is 10.5 Å². The first kappa shape index (κ1) is 13.8. The van der Waals surface area contributed by atoms with E-state index in [4.69, 9.17) is 4.74 Å². The summed E-state index contributed by atoms with van der Waals surface area (Å²) in [4.78, 5) is 13.8. The van der Waals surface area contributed by atoms with E-state index in [1.54, 1.807) is 17.0 Å². The zero-order chi connectivity index (χ0) is 13.9. The molecule has 2 amide bonds. The molecule has 6 nitrogen and oxygen atoms in total. The number of hydrogen-bond donors (Lipinski definition) is 1. The summed E-state index contributed by atoms with van der Waals surface area (Å²) in [5, 5.41) is 2.73. The molecule has 0 unspecified atom stereocenters. The number of hydrogen-bond acceptors (Lipinski definition) is 4. The maximum atomic E-state index is 11.9. The number of nitrogens with one attached hydrogen (secondary N) is 1. The van der Waals surface area contributed by atoms with E-state index in [0.29, 0.717) is 32.0 Å². The van der Waals surface area contributed by atoms with Crippen molar-refractivity contribution in [1.29, 1.82) is 0 Å². The summed E-state index contributed by atoms with van der Waals surface area (Å²) < 4.78 is 27.8. The van der Waals surface area contributed by atoms with Gasteiger partial charge in [-0.25, -0.2) is 13.2 Å². The van der Waals surface area contributed by atoms with Crippen LogP contribution in [0, 0.1) is 0 Å². The lowest BCUT2D eigenvalue weighted by Crippen LogP contribution is -2.43. The fourth-order valence-electron chi connectivity index (χ4n) is 1.75. The average Bonchev–Trinajstić information content (AvgIpc) is 2.39. The van der Waals surface area contributed by atoms with Gasteiger partial charge in [0.1, 0.15) is 0 Å². The lowest BCUT2D eigenvalue weighted by Gasteiger charge is -2.26. The summed E-state index contributed by atoms with van der Waals surface area (Å²) in [6.45, 7) is 2.21. The van der Waals surface area contributed by atoms with E-state index in [1.165, 1.54) is 12.1 Å². The summed E-state index contributed by atoms with van der Waals surface area (Å²) in [6, 6.07) is 5.91. The summed E-state index contributed by atoms with van der Waals surface area (Å²) >= 11 is 0. The Balaban J connectivity index is 2.01. The molecule has 1 aliphatic heterocycles. The first-order valence-electron chi connectivity index (χ1n) is 5.90. The molecule has 1 fully saturated rings. The molecule has 1 N–H and O–H groups in total. The molecule has 0 aromatic heterocycles. The average molecular weight is 284 g/mol. The van der Waals surface area contributed by atoms with Gasteiger partial charge in [-0.15, -0.1) is 0 Å². The topological polar surface area (TPSA) is 75.7 Å². The zero-order valence-electron chi connectivity index (χ0n) is 10.6. The molecule has 1 aliphatic rings. The molecular formula is C12H16N2O4S. The minimum atomic E-state index is -3.21. The highest BCUT2D eigenvalue weighted by molar-refractivity contribution is 7.90. The number of benzene rings is 1. The van der Waals surface area contributed by atoms with Crippen molar-refractivity contribution in [2.75, 3.05) is 37.9 Å². The fraction of sp³-hybridized carbons (Fsp3) is 0.417. The Morgan fingerprint density at radius 1 is 1.21 bits per heavy atom. The number of rotatable bonds is 2. The number of carbonyl (C=O) groups is 1. The van der Waals surface area contributed by atoms with Crippen LogP contribution in [-0.4, -0.2) is 51.9 Å². The lowest BCUT2D eigenvalue weighted by molar-refractivity contribution is 0.0564. The summed E-state index contributed by atoms with van der Waals surface area (Å²) in [5.74, 6) is 0. The number of morpholine rings is 1. The number of nitrogens with zero attached hydrogens (tertiary/aromatic N) is 1. The number of urea groups is 1. The van der Waals surface area contributed by atoms with Crippen LogP contribution in [0.2, 0.25) is 0 Å². The van der Waals surface area contributed by atoms with Gasteiger partial charge in [0.2, 0.25) is 0 Å². The van der Waals surface area contributed by atoms with Crippen molar-refractivity contribution in [3.8, 4) is 0 Å². The molecule has 0 atom stereocenters. The third-order valence-corrected chi connectivity index (χ3v) is 3.96. The van der Waals surface area contributed by atoms with Crippen molar-refractivity contribution >= 4 is 21.6 Å². The minimum Gasteiger partial charge on any atom is -0.378 e. The number of ether oxygens (including phenoxy) is 1. The van der Waals surface area contributed by atoms with E-state index in [9.17, 15) is 13.2 Å². The third-order valence-electron chi connectivity index (χ3n) is 2.83. The molecular weight excluding hydrogens is 268 g/mol. The molecule has 104 valence electrons. The first-order valence-corrected chi connectivity index (χ1v) is 7.80. The number of anilines is 1. The van der Waals surface area contributed by atoms with Gasteiger partial charge in [-0.1, -0.05) is 0 Å². The highest BCUT2D eigenvalue weighted by atomic mass is 32.2. The maximum Gasteiger partial charge on any atom is 0.321 e. The Morgan fingerprint density at radius 3 is 2.32 bits per heavy atom. The van der Waals surface area contributed by atoms with E-state index >= 15 is 0 Å². The fourth-order valence-corrected chi connectivity index (χ4v) is 2.38. The Hall–Kier alpha value is -1.60. The predicted octanol–water partition coefficient (Wildman–Crippen LogP) is 0.954. The van der Waals surface area contributed by atoms with Crippen molar-refractivity contribution in [3.63, 3.8) is 0 Å². The lowest BCUT2D eigenvalue weighted by atomic mass is 10.3. The van der Waals surface area contributed by atoms with Gasteiger partial charge in [0.05, 0.1) is 18.1 Å². The zero-order valence-corrected chi connectivity index (χ0v) is 11.4. The van der Waals surface area contributed by atoms with Crippen molar-refractivity contribution in [3.05, 3.63) is 24.3 Å². The SMILES string of the molecule is CS(=O)(=O)c1ccc(NC(=O)N2CCOCC2)cc1. The number of amides is 2. The van der Waals surface area contributed by atoms with Crippen LogP contribution in [-0.2, 0) is 14.6 Å². The van der Waals surface area contributed by atoms with Gasteiger partial charge in [0, 0.05) is 25.0 Å². The molecule has 0 bridgehead atoms. The number of carbonyl (C=O) groups excluding carboxylic acids is 1. The Morgan fingerprint density at radius 2 is 1.79 bits per heavy atom. The van der Waals surface area contributed by atoms with E-state index in [1.807, 2.05) is 0 Å². The van der Waals surface area contributed by atoms with Crippen LogP contribution < -0.4 is 5.32 Å². The van der Waals surface area contributed by atoms with Crippen LogP contribution >= 0.6 is 0 Å². The van der Waals surface area contributed by atoms with Gasteiger partial charge >= 0.3 is 6.03 Å². The maximum absolute atomic E-state index is 11.9. The van der Waals surface area contributed by atoms with Gasteiger partial charge in [-0.3, -0.25) is 0 Å². The number of sulfone groups is 1. The monoisotopic (exact) mass is 284 g/mol. The van der Waals surface area contributed by atoms with Crippen molar-refractivity contribution < 1.29 is 17.9 Å². The summed E-state index contributed by atoms with van der Waals surface area (Å²) in [7, 11) is -3.21.